The van der Waals surface area contributed by atoms with Gasteiger partial charge in [0.2, 0.25) is 0 Å². The highest BCUT2D eigenvalue weighted by Crippen LogP contribution is 2.32. The molecule has 0 saturated heterocycles. The number of hydrogen-bond donors (Lipinski definition) is 2. The Hall–Kier alpha value is -0.826. The maximum atomic E-state index is 5.88. The largest absolute Gasteiger partial charge is 0.400 e. The van der Waals surface area contributed by atoms with Crippen LogP contribution in [0.25, 0.3) is 0 Å². The van der Waals surface area contributed by atoms with E-state index in [2.05, 4.69) is 26.9 Å². The molecule has 4 N–H and O–H groups in total. The molecule has 0 amide bonds. The Balaban J connectivity index is 3.04. The number of anilines is 2. The van der Waals surface area contributed by atoms with Crippen molar-refractivity contribution in [2.24, 2.45) is 0 Å². The summed E-state index contributed by atoms with van der Waals surface area (Å²) in [5.41, 5.74) is 13.7. The molecule has 0 aromatic heterocycles. The summed E-state index contributed by atoms with van der Waals surface area (Å²) in [4.78, 5) is 0. The van der Waals surface area contributed by atoms with Gasteiger partial charge in [-0.1, -0.05) is 33.0 Å². The lowest BCUT2D eigenvalue weighted by molar-refractivity contribution is -0.0432. The van der Waals surface area contributed by atoms with Crippen LogP contribution in [0.5, 0.6) is 0 Å². The minimum absolute atomic E-state index is 0.172. The maximum Gasteiger partial charge on any atom is 0.161 e. The van der Waals surface area contributed by atoms with Gasteiger partial charge in [0.15, 0.2) is 19.5 Å². The Morgan fingerprint density at radius 2 is 1.61 bits per heavy atom. The molecule has 102 valence electrons. The Bertz CT molecular complexity index is 394. The van der Waals surface area contributed by atoms with E-state index in [1.807, 2.05) is 18.2 Å². The van der Waals surface area contributed by atoms with Crippen LogP contribution in [0.1, 0.15) is 19.4 Å². The molecule has 1 rings (SSSR count). The molecule has 0 unspecified atom stereocenters. The Kier molecular flexibility index (Phi) is 5.39. The normalized spacial score (nSPS) is 14.9. The first kappa shape index (κ1) is 15.2. The van der Waals surface area contributed by atoms with Crippen LogP contribution in [-0.2, 0) is 14.3 Å². The molecule has 0 heterocycles. The highest BCUT2D eigenvalue weighted by atomic mass is 28.2. The highest BCUT2D eigenvalue weighted by molar-refractivity contribution is 6.26. The van der Waals surface area contributed by atoms with Crippen molar-refractivity contribution in [2.75, 3.05) is 11.5 Å². The molecule has 0 spiro atoms. The van der Waals surface area contributed by atoms with Crippen LogP contribution in [-0.4, -0.2) is 25.8 Å². The lowest BCUT2D eigenvalue weighted by Crippen LogP contribution is -2.39. The summed E-state index contributed by atoms with van der Waals surface area (Å²) >= 11 is 0. The van der Waals surface area contributed by atoms with Crippen LogP contribution in [0, 0.1) is 0 Å². The van der Waals surface area contributed by atoms with Crippen molar-refractivity contribution in [3.63, 3.8) is 0 Å². The average molecular weight is 285 g/mol. The first-order valence-corrected chi connectivity index (χ1v) is 10.3. The van der Waals surface area contributed by atoms with E-state index in [4.69, 9.17) is 20.3 Å². The number of rotatable bonds is 6. The SMILES string of the molecule is C[SiH2]OC(O[SiH2]C)C(C)(C)c1ccc(N)c(N)c1. The summed E-state index contributed by atoms with van der Waals surface area (Å²) in [5, 5.41) is 0. The number of nitrogen functional groups attached to an aromatic ring is 2. The third-order valence-electron chi connectivity index (χ3n) is 3.06. The third kappa shape index (κ3) is 3.35. The van der Waals surface area contributed by atoms with Crippen LogP contribution >= 0.6 is 0 Å². The molecule has 0 bridgehead atoms. The molecule has 4 nitrogen and oxygen atoms in total. The fourth-order valence-corrected chi connectivity index (χ4v) is 3.70. The lowest BCUT2D eigenvalue weighted by Gasteiger charge is -2.35. The zero-order chi connectivity index (χ0) is 13.8. The third-order valence-corrected chi connectivity index (χ3v) is 4.33. The molecule has 6 heteroatoms. The van der Waals surface area contributed by atoms with E-state index in [9.17, 15) is 0 Å². The van der Waals surface area contributed by atoms with E-state index < -0.39 is 19.5 Å². The van der Waals surface area contributed by atoms with Crippen LogP contribution < -0.4 is 11.5 Å². The van der Waals surface area contributed by atoms with Crippen LogP contribution in [0.4, 0.5) is 11.4 Å². The summed E-state index contributed by atoms with van der Waals surface area (Å²) in [7, 11) is -1.03. The van der Waals surface area contributed by atoms with Crippen molar-refractivity contribution >= 4 is 30.9 Å². The van der Waals surface area contributed by atoms with E-state index in [0.29, 0.717) is 11.4 Å². The monoisotopic (exact) mass is 284 g/mol. The fraction of sp³-hybridized carbons (Fsp3) is 0.500. The number of hydrogen-bond acceptors (Lipinski definition) is 4. The molecule has 0 atom stereocenters. The first-order chi connectivity index (χ1) is 8.43. The smallest absolute Gasteiger partial charge is 0.161 e. The van der Waals surface area contributed by atoms with Gasteiger partial charge in [-0.05, 0) is 17.7 Å². The summed E-state index contributed by atoms with van der Waals surface area (Å²) in [6.45, 7) is 8.47. The molecule has 0 aliphatic heterocycles. The quantitative estimate of drug-likeness (QED) is 0.459. The van der Waals surface area contributed by atoms with Gasteiger partial charge in [0, 0.05) is 5.41 Å². The van der Waals surface area contributed by atoms with Crippen molar-refractivity contribution in [1.82, 2.24) is 0 Å². The number of nitrogens with two attached hydrogens (primary N) is 2. The molecule has 1 aromatic rings. The molecule has 0 saturated carbocycles. The van der Waals surface area contributed by atoms with Crippen molar-refractivity contribution in [1.29, 1.82) is 0 Å². The topological polar surface area (TPSA) is 70.5 Å². The maximum absolute atomic E-state index is 5.88. The zero-order valence-electron chi connectivity index (χ0n) is 11.7. The van der Waals surface area contributed by atoms with Crippen LogP contribution in [0.15, 0.2) is 18.2 Å². The van der Waals surface area contributed by atoms with Crippen molar-refractivity contribution in [3.8, 4) is 0 Å². The molecule has 18 heavy (non-hydrogen) atoms. The predicted octanol–water partition coefficient (Wildman–Crippen LogP) is 0.752. The standard InChI is InChI=1S/C12H24N2O2Si2/c1-12(2,11(15-17-3)16-18-4)8-5-6-9(13)10(14)7-8/h5-7,11H,13-14,17-18H2,1-4H3. The van der Waals surface area contributed by atoms with Crippen molar-refractivity contribution in [3.05, 3.63) is 23.8 Å². The molecule has 0 aliphatic rings. The zero-order valence-corrected chi connectivity index (χ0v) is 14.5. The van der Waals surface area contributed by atoms with E-state index in [1.54, 1.807) is 0 Å². The summed E-state index contributed by atoms with van der Waals surface area (Å²) < 4.78 is 11.7. The van der Waals surface area contributed by atoms with Crippen molar-refractivity contribution < 1.29 is 8.85 Å². The minimum Gasteiger partial charge on any atom is -0.400 e. The van der Waals surface area contributed by atoms with E-state index in [-0.39, 0.29) is 11.7 Å². The first-order valence-electron chi connectivity index (χ1n) is 6.32. The summed E-state index contributed by atoms with van der Waals surface area (Å²) in [6.07, 6.45) is -0.172. The average Bonchev–Trinajstić information content (AvgIpc) is 2.32. The minimum atomic E-state index is -0.515. The van der Waals surface area contributed by atoms with Crippen LogP contribution in [0.2, 0.25) is 13.1 Å². The van der Waals surface area contributed by atoms with Gasteiger partial charge in [0.1, 0.15) is 6.29 Å². The van der Waals surface area contributed by atoms with E-state index in [0.717, 1.165) is 5.56 Å². The second-order valence-electron chi connectivity index (χ2n) is 4.81. The van der Waals surface area contributed by atoms with E-state index in [1.165, 1.54) is 0 Å². The highest BCUT2D eigenvalue weighted by Gasteiger charge is 2.32. The molecular formula is C12H24N2O2Si2. The second kappa shape index (κ2) is 6.37. The molecule has 1 aromatic carbocycles. The van der Waals surface area contributed by atoms with Gasteiger partial charge in [0.25, 0.3) is 0 Å². The van der Waals surface area contributed by atoms with Gasteiger partial charge in [-0.2, -0.15) is 0 Å². The van der Waals surface area contributed by atoms with Gasteiger partial charge in [-0.25, -0.2) is 0 Å². The van der Waals surface area contributed by atoms with E-state index >= 15 is 0 Å². The van der Waals surface area contributed by atoms with Crippen LogP contribution in [0.3, 0.4) is 0 Å². The molecule has 0 radical (unpaired) electrons. The van der Waals surface area contributed by atoms with Gasteiger partial charge in [0.05, 0.1) is 11.4 Å². The van der Waals surface area contributed by atoms with Crippen molar-refractivity contribution in [2.45, 2.75) is 38.6 Å². The fourth-order valence-electron chi connectivity index (χ4n) is 1.88. The van der Waals surface area contributed by atoms with Gasteiger partial charge >= 0.3 is 0 Å². The predicted molar refractivity (Wildman–Crippen MR) is 83.1 cm³/mol. The summed E-state index contributed by atoms with van der Waals surface area (Å²) in [6, 6.07) is 5.76. The Morgan fingerprint density at radius 1 is 1.06 bits per heavy atom. The van der Waals surface area contributed by atoms with Gasteiger partial charge in [-0.3, -0.25) is 0 Å². The summed E-state index contributed by atoms with van der Waals surface area (Å²) in [5.74, 6) is 0. The number of benzene rings is 1. The second-order valence-corrected chi connectivity index (χ2v) is 6.63. The lowest BCUT2D eigenvalue weighted by atomic mass is 9.83. The molecule has 0 fully saturated rings. The molecular weight excluding hydrogens is 260 g/mol. The van der Waals surface area contributed by atoms with Gasteiger partial charge in [-0.15, -0.1) is 0 Å². The Morgan fingerprint density at radius 3 is 2.06 bits per heavy atom. The van der Waals surface area contributed by atoms with Gasteiger partial charge < -0.3 is 20.3 Å². The molecule has 0 aliphatic carbocycles. The Labute approximate surface area is 114 Å².